The monoisotopic (exact) mass is 253 g/mol. The van der Waals surface area contributed by atoms with Gasteiger partial charge >= 0.3 is 0 Å². The highest BCUT2D eigenvalue weighted by atomic mass is 32.2. The predicted octanol–water partition coefficient (Wildman–Crippen LogP) is 1.77. The molecule has 6 heteroatoms. The van der Waals surface area contributed by atoms with Crippen LogP contribution in [-0.2, 0) is 0 Å². The van der Waals surface area contributed by atoms with Crippen LogP contribution in [0.15, 0.2) is 6.33 Å². The molecule has 2 heterocycles. The molecule has 0 radical (unpaired) electrons. The summed E-state index contributed by atoms with van der Waals surface area (Å²) in [6.07, 6.45) is 5.52. The predicted molar refractivity (Wildman–Crippen MR) is 73.2 cm³/mol. The van der Waals surface area contributed by atoms with Gasteiger partial charge in [-0.25, -0.2) is 15.8 Å². The summed E-state index contributed by atoms with van der Waals surface area (Å²) in [7, 11) is 0. The Bertz CT molecular complexity index is 365. The van der Waals surface area contributed by atoms with E-state index in [-0.39, 0.29) is 0 Å². The van der Waals surface area contributed by atoms with Gasteiger partial charge in [0.2, 0.25) is 0 Å². The van der Waals surface area contributed by atoms with E-state index in [0.29, 0.717) is 11.1 Å². The van der Waals surface area contributed by atoms with E-state index in [2.05, 4.69) is 32.5 Å². The fourth-order valence-corrected chi connectivity index (χ4v) is 3.19. The van der Waals surface area contributed by atoms with Crippen LogP contribution >= 0.6 is 11.8 Å². The molecule has 17 heavy (non-hydrogen) atoms. The average molecular weight is 253 g/mol. The van der Waals surface area contributed by atoms with Crippen LogP contribution in [0.25, 0.3) is 0 Å². The lowest BCUT2D eigenvalue weighted by Crippen LogP contribution is -2.21. The summed E-state index contributed by atoms with van der Waals surface area (Å²) in [4.78, 5) is 8.30. The zero-order valence-corrected chi connectivity index (χ0v) is 10.9. The molecule has 1 saturated heterocycles. The van der Waals surface area contributed by atoms with Gasteiger partial charge in [-0.2, -0.15) is 11.8 Å². The van der Waals surface area contributed by atoms with Crippen LogP contribution in [0.1, 0.15) is 24.8 Å². The summed E-state index contributed by atoms with van der Waals surface area (Å²) in [6, 6.07) is 0. The molecule has 1 aliphatic heterocycles. The van der Waals surface area contributed by atoms with Gasteiger partial charge in [-0.15, -0.1) is 0 Å². The summed E-state index contributed by atoms with van der Waals surface area (Å²) < 4.78 is 0. The molecule has 1 unspecified atom stereocenters. The standard InChI is InChI=1S/C11H19N5S/c1-8-10(14-7-15-11(8)16-12)13-6-9-4-2-3-5-17-9/h7,9H,2-6,12H2,1H3,(H2,13,14,15,16). The van der Waals surface area contributed by atoms with Gasteiger partial charge in [0.15, 0.2) is 0 Å². The topological polar surface area (TPSA) is 75.9 Å². The number of anilines is 2. The van der Waals surface area contributed by atoms with E-state index in [9.17, 15) is 0 Å². The third kappa shape index (κ3) is 3.23. The second-order valence-electron chi connectivity index (χ2n) is 4.21. The Labute approximate surface area is 106 Å². The van der Waals surface area contributed by atoms with Gasteiger partial charge < -0.3 is 10.7 Å². The van der Waals surface area contributed by atoms with E-state index in [0.717, 1.165) is 17.9 Å². The zero-order chi connectivity index (χ0) is 12.1. The maximum atomic E-state index is 5.39. The first-order chi connectivity index (χ1) is 8.31. The van der Waals surface area contributed by atoms with E-state index in [4.69, 9.17) is 5.84 Å². The number of nitrogen functional groups attached to an aromatic ring is 1. The minimum atomic E-state index is 0.679. The first-order valence-corrected chi connectivity index (χ1v) is 7.00. The molecule has 1 aromatic rings. The van der Waals surface area contributed by atoms with Crippen LogP contribution in [-0.4, -0.2) is 27.5 Å². The Morgan fingerprint density at radius 3 is 2.94 bits per heavy atom. The van der Waals surface area contributed by atoms with Gasteiger partial charge in [-0.1, -0.05) is 6.42 Å². The van der Waals surface area contributed by atoms with Gasteiger partial charge in [0, 0.05) is 17.4 Å². The Morgan fingerprint density at radius 2 is 2.24 bits per heavy atom. The minimum Gasteiger partial charge on any atom is -0.369 e. The zero-order valence-electron chi connectivity index (χ0n) is 10.1. The molecule has 94 valence electrons. The molecule has 1 atom stereocenters. The summed E-state index contributed by atoms with van der Waals surface area (Å²) in [5, 5.41) is 4.09. The van der Waals surface area contributed by atoms with Crippen LogP contribution in [0, 0.1) is 6.92 Å². The summed E-state index contributed by atoms with van der Waals surface area (Å²) in [6.45, 7) is 2.93. The third-order valence-electron chi connectivity index (χ3n) is 2.99. The molecular formula is C11H19N5S. The molecule has 5 nitrogen and oxygen atoms in total. The van der Waals surface area contributed by atoms with E-state index < -0.39 is 0 Å². The van der Waals surface area contributed by atoms with Crippen molar-refractivity contribution in [2.24, 2.45) is 5.84 Å². The van der Waals surface area contributed by atoms with Crippen LogP contribution in [0.3, 0.4) is 0 Å². The van der Waals surface area contributed by atoms with Crippen molar-refractivity contribution in [3.63, 3.8) is 0 Å². The molecule has 1 aromatic heterocycles. The molecule has 1 fully saturated rings. The maximum Gasteiger partial charge on any atom is 0.148 e. The second kappa shape index (κ2) is 6.07. The van der Waals surface area contributed by atoms with Crippen LogP contribution in [0.4, 0.5) is 11.6 Å². The first-order valence-electron chi connectivity index (χ1n) is 5.95. The van der Waals surface area contributed by atoms with Gasteiger partial charge in [-0.3, -0.25) is 0 Å². The molecule has 4 N–H and O–H groups in total. The SMILES string of the molecule is Cc1c(NN)ncnc1NCC1CCCCS1. The number of nitrogens with zero attached hydrogens (tertiary/aromatic N) is 2. The average Bonchev–Trinajstić information content (AvgIpc) is 2.39. The minimum absolute atomic E-state index is 0.679. The Hall–Kier alpha value is -1.01. The van der Waals surface area contributed by atoms with E-state index in [1.54, 1.807) is 0 Å². The quantitative estimate of drug-likeness (QED) is 0.561. The van der Waals surface area contributed by atoms with Gasteiger partial charge in [-0.05, 0) is 25.5 Å². The molecule has 0 spiro atoms. The largest absolute Gasteiger partial charge is 0.369 e. The fraction of sp³-hybridized carbons (Fsp3) is 0.636. The number of hydrogen-bond acceptors (Lipinski definition) is 6. The number of nitrogens with one attached hydrogen (secondary N) is 2. The van der Waals surface area contributed by atoms with Crippen molar-refractivity contribution in [1.29, 1.82) is 0 Å². The van der Waals surface area contributed by atoms with Crippen molar-refractivity contribution in [3.8, 4) is 0 Å². The number of hydrogen-bond donors (Lipinski definition) is 3. The lowest BCUT2D eigenvalue weighted by molar-refractivity contribution is 0.676. The van der Waals surface area contributed by atoms with Crippen molar-refractivity contribution in [1.82, 2.24) is 9.97 Å². The maximum absolute atomic E-state index is 5.39. The van der Waals surface area contributed by atoms with Crippen LogP contribution in [0.2, 0.25) is 0 Å². The molecule has 2 rings (SSSR count). The Kier molecular flexibility index (Phi) is 4.44. The first kappa shape index (κ1) is 12.4. The van der Waals surface area contributed by atoms with Crippen LogP contribution in [0.5, 0.6) is 0 Å². The molecule has 0 amide bonds. The van der Waals surface area contributed by atoms with E-state index in [1.165, 1.54) is 31.3 Å². The van der Waals surface area contributed by atoms with Crippen LogP contribution < -0.4 is 16.6 Å². The van der Waals surface area contributed by atoms with Gasteiger partial charge in [0.1, 0.15) is 18.0 Å². The molecule has 0 saturated carbocycles. The molecule has 0 bridgehead atoms. The van der Waals surface area contributed by atoms with Crippen molar-refractivity contribution in [3.05, 3.63) is 11.9 Å². The van der Waals surface area contributed by atoms with Gasteiger partial charge in [0.25, 0.3) is 0 Å². The Morgan fingerprint density at radius 1 is 1.41 bits per heavy atom. The van der Waals surface area contributed by atoms with Crippen molar-refractivity contribution in [2.45, 2.75) is 31.4 Å². The normalized spacial score (nSPS) is 20.0. The number of rotatable bonds is 4. The van der Waals surface area contributed by atoms with Crippen molar-refractivity contribution in [2.75, 3.05) is 23.0 Å². The summed E-state index contributed by atoms with van der Waals surface area (Å²) in [5.41, 5.74) is 3.55. The second-order valence-corrected chi connectivity index (χ2v) is 5.62. The summed E-state index contributed by atoms with van der Waals surface area (Å²) in [5.74, 6) is 8.22. The van der Waals surface area contributed by atoms with Gasteiger partial charge in [0.05, 0.1) is 0 Å². The molecular weight excluding hydrogens is 234 g/mol. The summed E-state index contributed by atoms with van der Waals surface area (Å²) >= 11 is 2.05. The van der Waals surface area contributed by atoms with E-state index in [1.807, 2.05) is 6.92 Å². The van der Waals surface area contributed by atoms with E-state index >= 15 is 0 Å². The van der Waals surface area contributed by atoms with Crippen molar-refractivity contribution >= 4 is 23.4 Å². The fourth-order valence-electron chi connectivity index (χ4n) is 1.95. The number of thioether (sulfide) groups is 1. The lowest BCUT2D eigenvalue weighted by atomic mass is 10.2. The highest BCUT2D eigenvalue weighted by molar-refractivity contribution is 7.99. The highest BCUT2D eigenvalue weighted by Gasteiger charge is 2.14. The van der Waals surface area contributed by atoms with Crippen molar-refractivity contribution < 1.29 is 0 Å². The smallest absolute Gasteiger partial charge is 0.148 e. The number of aromatic nitrogens is 2. The number of hydrazine groups is 1. The highest BCUT2D eigenvalue weighted by Crippen LogP contribution is 2.25. The lowest BCUT2D eigenvalue weighted by Gasteiger charge is -2.22. The third-order valence-corrected chi connectivity index (χ3v) is 4.39. The molecule has 1 aliphatic rings. The molecule has 0 aliphatic carbocycles. The Balaban J connectivity index is 1.93. The number of nitrogens with two attached hydrogens (primary N) is 1. The molecule has 0 aromatic carbocycles.